The van der Waals surface area contributed by atoms with Gasteiger partial charge >= 0.3 is 0 Å². The zero-order valence-corrected chi connectivity index (χ0v) is 15.4. The first kappa shape index (κ1) is 19.4. The third-order valence-electron chi connectivity index (χ3n) is 4.03. The summed E-state index contributed by atoms with van der Waals surface area (Å²) in [5.41, 5.74) is 1.66. The molecule has 0 aliphatic carbocycles. The smallest absolute Gasteiger partial charge is 0.242 e. The molecule has 2 aromatic carbocycles. The topological polar surface area (TPSA) is 43.9 Å². The van der Waals surface area contributed by atoms with Crippen LogP contribution in [0.3, 0.4) is 0 Å². The molecule has 0 spiro atoms. The molecule has 5 nitrogen and oxygen atoms in total. The molecule has 0 unspecified atom stereocenters. The number of nitrogens with zero attached hydrogens (tertiary/aromatic N) is 3. The maximum atomic E-state index is 13.0. The Kier molecular flexibility index (Phi) is 6.72. The summed E-state index contributed by atoms with van der Waals surface area (Å²) in [6.07, 6.45) is 0. The number of amides is 2. The lowest BCUT2D eigenvalue weighted by molar-refractivity contribution is -0.129. The second kappa shape index (κ2) is 8.99. The third-order valence-corrected chi connectivity index (χ3v) is 4.03. The van der Waals surface area contributed by atoms with Crippen LogP contribution in [-0.2, 0) is 16.1 Å². The average molecular weight is 357 g/mol. The molecule has 6 heteroatoms. The first-order valence-electron chi connectivity index (χ1n) is 8.35. The maximum Gasteiger partial charge on any atom is 0.242 e. The second-order valence-corrected chi connectivity index (χ2v) is 6.36. The monoisotopic (exact) mass is 357 g/mol. The summed E-state index contributed by atoms with van der Waals surface area (Å²) in [6.45, 7) is 0.581. The summed E-state index contributed by atoms with van der Waals surface area (Å²) >= 11 is 0. The van der Waals surface area contributed by atoms with Crippen LogP contribution < -0.4 is 4.90 Å². The summed E-state index contributed by atoms with van der Waals surface area (Å²) in [4.78, 5) is 29.6. The van der Waals surface area contributed by atoms with Crippen LogP contribution in [-0.4, -0.2) is 55.8 Å². The standard InChI is InChI=1S/C20H24FN3O2/c1-22(2)19(25)14-24(18-7-5-4-6-8-18)15-20(26)23(3)13-16-9-11-17(21)12-10-16/h4-12H,13-15H2,1-3H3. The number of halogens is 1. The van der Waals surface area contributed by atoms with Crippen molar-refractivity contribution < 1.29 is 14.0 Å². The van der Waals surface area contributed by atoms with E-state index in [0.717, 1.165) is 11.3 Å². The summed E-state index contributed by atoms with van der Waals surface area (Å²) in [7, 11) is 5.07. The Balaban J connectivity index is 2.07. The van der Waals surface area contributed by atoms with Crippen molar-refractivity contribution in [2.24, 2.45) is 0 Å². The van der Waals surface area contributed by atoms with Gasteiger partial charge < -0.3 is 14.7 Å². The van der Waals surface area contributed by atoms with Crippen molar-refractivity contribution in [1.29, 1.82) is 0 Å². The molecule has 0 radical (unpaired) electrons. The summed E-state index contributed by atoms with van der Waals surface area (Å²) in [5.74, 6) is -0.507. The fourth-order valence-corrected chi connectivity index (χ4v) is 2.42. The van der Waals surface area contributed by atoms with Gasteiger partial charge in [0.1, 0.15) is 5.82 Å². The fourth-order valence-electron chi connectivity index (χ4n) is 2.42. The van der Waals surface area contributed by atoms with Gasteiger partial charge in [-0.2, -0.15) is 0 Å². The molecule has 0 saturated heterocycles. The molecular weight excluding hydrogens is 333 g/mol. The molecule has 0 aliphatic heterocycles. The fraction of sp³-hybridized carbons (Fsp3) is 0.300. The molecule has 0 N–H and O–H groups in total. The minimum atomic E-state index is -0.305. The zero-order valence-electron chi connectivity index (χ0n) is 15.4. The highest BCUT2D eigenvalue weighted by molar-refractivity contribution is 5.86. The highest BCUT2D eigenvalue weighted by Crippen LogP contribution is 2.14. The third kappa shape index (κ3) is 5.58. The molecule has 26 heavy (non-hydrogen) atoms. The average Bonchev–Trinajstić information content (AvgIpc) is 2.63. The van der Waals surface area contributed by atoms with E-state index in [1.165, 1.54) is 17.0 Å². The van der Waals surface area contributed by atoms with Gasteiger partial charge in [-0.15, -0.1) is 0 Å². The molecule has 2 amide bonds. The zero-order chi connectivity index (χ0) is 19.1. The van der Waals surface area contributed by atoms with E-state index >= 15 is 0 Å². The van der Waals surface area contributed by atoms with Crippen LogP contribution in [0.2, 0.25) is 0 Å². The molecule has 138 valence electrons. The van der Waals surface area contributed by atoms with Crippen LogP contribution in [0, 0.1) is 5.82 Å². The Morgan fingerprint density at radius 1 is 0.846 bits per heavy atom. The number of hydrogen-bond donors (Lipinski definition) is 0. The van der Waals surface area contributed by atoms with E-state index < -0.39 is 0 Å². The van der Waals surface area contributed by atoms with E-state index in [-0.39, 0.29) is 30.7 Å². The minimum Gasteiger partial charge on any atom is -0.353 e. The first-order chi connectivity index (χ1) is 12.4. The number of carbonyl (C=O) groups excluding carboxylic acids is 2. The molecule has 0 aliphatic rings. The lowest BCUT2D eigenvalue weighted by atomic mass is 10.2. The number of hydrogen-bond acceptors (Lipinski definition) is 3. The molecule has 0 aromatic heterocycles. The van der Waals surface area contributed by atoms with Gasteiger partial charge in [-0.25, -0.2) is 4.39 Å². The van der Waals surface area contributed by atoms with Gasteiger partial charge in [0.15, 0.2) is 0 Å². The first-order valence-corrected chi connectivity index (χ1v) is 8.35. The highest BCUT2D eigenvalue weighted by atomic mass is 19.1. The van der Waals surface area contributed by atoms with Crippen molar-refractivity contribution in [3.05, 3.63) is 66.0 Å². The highest BCUT2D eigenvalue weighted by Gasteiger charge is 2.18. The lowest BCUT2D eigenvalue weighted by Gasteiger charge is -2.27. The Morgan fingerprint density at radius 2 is 1.42 bits per heavy atom. The number of carbonyl (C=O) groups is 2. The Hall–Kier alpha value is -2.89. The SMILES string of the molecule is CN(C)C(=O)CN(CC(=O)N(C)Cc1ccc(F)cc1)c1ccccc1. The van der Waals surface area contributed by atoms with Crippen LogP contribution in [0.4, 0.5) is 10.1 Å². The number of benzene rings is 2. The normalized spacial score (nSPS) is 10.3. The van der Waals surface area contributed by atoms with Crippen LogP contribution in [0.25, 0.3) is 0 Å². The molecule has 0 saturated carbocycles. The number of rotatable bonds is 7. The molecule has 0 atom stereocenters. The molecule has 0 fully saturated rings. The Bertz CT molecular complexity index is 732. The van der Waals surface area contributed by atoms with E-state index in [1.54, 1.807) is 43.1 Å². The Labute approximate surface area is 153 Å². The molecular formula is C20H24FN3O2. The number of para-hydroxylation sites is 1. The van der Waals surface area contributed by atoms with Crippen LogP contribution >= 0.6 is 0 Å². The van der Waals surface area contributed by atoms with Gasteiger partial charge in [0, 0.05) is 33.4 Å². The van der Waals surface area contributed by atoms with Crippen molar-refractivity contribution in [3.8, 4) is 0 Å². The predicted octanol–water partition coefficient (Wildman–Crippen LogP) is 2.38. The number of likely N-dealkylation sites (N-methyl/N-ethyl adjacent to an activating group) is 2. The van der Waals surface area contributed by atoms with Gasteiger partial charge in [0.2, 0.25) is 11.8 Å². The van der Waals surface area contributed by atoms with Gasteiger partial charge in [-0.3, -0.25) is 9.59 Å². The van der Waals surface area contributed by atoms with E-state index in [4.69, 9.17) is 0 Å². The van der Waals surface area contributed by atoms with E-state index in [2.05, 4.69) is 0 Å². The van der Waals surface area contributed by atoms with Crippen molar-refractivity contribution in [2.75, 3.05) is 39.1 Å². The Morgan fingerprint density at radius 3 is 2.00 bits per heavy atom. The maximum absolute atomic E-state index is 13.0. The van der Waals surface area contributed by atoms with E-state index in [9.17, 15) is 14.0 Å². The molecule has 2 rings (SSSR count). The van der Waals surface area contributed by atoms with E-state index in [1.807, 2.05) is 30.3 Å². The van der Waals surface area contributed by atoms with Crippen molar-refractivity contribution in [2.45, 2.75) is 6.54 Å². The molecule has 2 aromatic rings. The lowest BCUT2D eigenvalue weighted by Crippen LogP contribution is -2.43. The van der Waals surface area contributed by atoms with Crippen molar-refractivity contribution in [3.63, 3.8) is 0 Å². The minimum absolute atomic E-state index is 0.0807. The summed E-state index contributed by atoms with van der Waals surface area (Å²) in [6, 6.07) is 15.4. The largest absolute Gasteiger partial charge is 0.353 e. The summed E-state index contributed by atoms with van der Waals surface area (Å²) in [5, 5.41) is 0. The van der Waals surface area contributed by atoms with Gasteiger partial charge in [-0.05, 0) is 29.8 Å². The molecule has 0 heterocycles. The van der Waals surface area contributed by atoms with Crippen LogP contribution in [0.1, 0.15) is 5.56 Å². The van der Waals surface area contributed by atoms with Crippen molar-refractivity contribution >= 4 is 17.5 Å². The quantitative estimate of drug-likeness (QED) is 0.764. The van der Waals surface area contributed by atoms with Gasteiger partial charge in [0.25, 0.3) is 0 Å². The summed E-state index contributed by atoms with van der Waals surface area (Å²) < 4.78 is 13.0. The van der Waals surface area contributed by atoms with Crippen LogP contribution in [0.5, 0.6) is 0 Å². The van der Waals surface area contributed by atoms with Crippen LogP contribution in [0.15, 0.2) is 54.6 Å². The molecule has 0 bridgehead atoms. The van der Waals surface area contributed by atoms with Gasteiger partial charge in [-0.1, -0.05) is 30.3 Å². The predicted molar refractivity (Wildman–Crippen MR) is 100 cm³/mol. The second-order valence-electron chi connectivity index (χ2n) is 6.36. The van der Waals surface area contributed by atoms with Gasteiger partial charge in [0.05, 0.1) is 13.1 Å². The van der Waals surface area contributed by atoms with Crippen molar-refractivity contribution in [1.82, 2.24) is 9.80 Å². The van der Waals surface area contributed by atoms with E-state index in [0.29, 0.717) is 6.54 Å². The number of anilines is 1.